The molecular formula is C11H14N2OS. The van der Waals surface area contributed by atoms with E-state index in [-0.39, 0.29) is 5.91 Å². The lowest BCUT2D eigenvalue weighted by atomic mass is 10.1. The highest BCUT2D eigenvalue weighted by atomic mass is 32.1. The average molecular weight is 222 g/mol. The van der Waals surface area contributed by atoms with Crippen LogP contribution in [0.5, 0.6) is 0 Å². The minimum atomic E-state index is 0.0283. The fourth-order valence-electron chi connectivity index (χ4n) is 1.23. The van der Waals surface area contributed by atoms with Crippen molar-refractivity contribution in [2.45, 2.75) is 13.3 Å². The van der Waals surface area contributed by atoms with Crippen LogP contribution in [0.3, 0.4) is 0 Å². The third-order valence-corrected chi connectivity index (χ3v) is 2.21. The van der Waals surface area contributed by atoms with Crippen molar-refractivity contribution in [3.05, 3.63) is 35.4 Å². The van der Waals surface area contributed by atoms with Crippen LogP contribution in [0.15, 0.2) is 24.3 Å². The second kappa shape index (κ2) is 5.46. The first kappa shape index (κ1) is 11.7. The molecule has 1 aromatic rings. The van der Waals surface area contributed by atoms with E-state index in [1.54, 1.807) is 0 Å². The van der Waals surface area contributed by atoms with Gasteiger partial charge in [-0.25, -0.2) is 0 Å². The van der Waals surface area contributed by atoms with Gasteiger partial charge in [0.1, 0.15) is 4.99 Å². The lowest BCUT2D eigenvalue weighted by Crippen LogP contribution is -2.24. The summed E-state index contributed by atoms with van der Waals surface area (Å²) in [6.45, 7) is 2.55. The predicted molar refractivity (Wildman–Crippen MR) is 64.7 cm³/mol. The summed E-state index contributed by atoms with van der Waals surface area (Å²) in [6, 6.07) is 7.39. The van der Waals surface area contributed by atoms with E-state index in [0.29, 0.717) is 18.0 Å². The van der Waals surface area contributed by atoms with Crippen LogP contribution < -0.4 is 11.1 Å². The molecule has 15 heavy (non-hydrogen) atoms. The molecule has 0 aromatic heterocycles. The number of likely N-dealkylation sites (N-methyl/N-ethyl adjacent to an activating group) is 1. The lowest BCUT2D eigenvalue weighted by molar-refractivity contribution is -0.120. The Bertz CT molecular complexity index is 359. The zero-order chi connectivity index (χ0) is 11.3. The minimum absolute atomic E-state index is 0.0283. The Morgan fingerprint density at radius 2 is 2.00 bits per heavy atom. The largest absolute Gasteiger partial charge is 0.389 e. The second-order valence-corrected chi connectivity index (χ2v) is 3.63. The SMILES string of the molecule is CCNC(=O)Cc1ccc(C(N)=S)cc1. The molecule has 0 aliphatic carbocycles. The van der Waals surface area contributed by atoms with Crippen LogP contribution in [-0.2, 0) is 11.2 Å². The summed E-state index contributed by atoms with van der Waals surface area (Å²) < 4.78 is 0. The molecule has 80 valence electrons. The maximum Gasteiger partial charge on any atom is 0.224 e. The van der Waals surface area contributed by atoms with Gasteiger partial charge in [0.2, 0.25) is 5.91 Å². The van der Waals surface area contributed by atoms with Crippen LogP contribution in [-0.4, -0.2) is 17.4 Å². The number of rotatable bonds is 4. The van der Waals surface area contributed by atoms with E-state index < -0.39 is 0 Å². The van der Waals surface area contributed by atoms with Gasteiger partial charge in [-0.1, -0.05) is 36.5 Å². The number of carbonyl (C=O) groups excluding carboxylic acids is 1. The first-order valence-corrected chi connectivity index (χ1v) is 5.19. The van der Waals surface area contributed by atoms with Crippen LogP contribution in [0.2, 0.25) is 0 Å². The van der Waals surface area contributed by atoms with Crippen LogP contribution in [0.4, 0.5) is 0 Å². The first-order chi connectivity index (χ1) is 7.13. The third-order valence-electron chi connectivity index (χ3n) is 1.98. The van der Waals surface area contributed by atoms with Crippen molar-refractivity contribution in [2.75, 3.05) is 6.54 Å². The number of carbonyl (C=O) groups is 1. The second-order valence-electron chi connectivity index (χ2n) is 3.19. The first-order valence-electron chi connectivity index (χ1n) is 4.79. The summed E-state index contributed by atoms with van der Waals surface area (Å²) in [4.78, 5) is 11.6. The number of hydrogen-bond acceptors (Lipinski definition) is 2. The van der Waals surface area contributed by atoms with Crippen LogP contribution in [0.1, 0.15) is 18.1 Å². The third kappa shape index (κ3) is 3.67. The lowest BCUT2D eigenvalue weighted by Gasteiger charge is -2.03. The number of amides is 1. The molecule has 0 aliphatic rings. The minimum Gasteiger partial charge on any atom is -0.389 e. The highest BCUT2D eigenvalue weighted by molar-refractivity contribution is 7.80. The molecule has 0 atom stereocenters. The Balaban J connectivity index is 2.64. The van der Waals surface area contributed by atoms with Crippen molar-refractivity contribution < 1.29 is 4.79 Å². The van der Waals surface area contributed by atoms with Crippen LogP contribution >= 0.6 is 12.2 Å². The van der Waals surface area contributed by atoms with Crippen molar-refractivity contribution in [2.24, 2.45) is 5.73 Å². The molecule has 0 aliphatic heterocycles. The van der Waals surface area contributed by atoms with E-state index in [1.807, 2.05) is 31.2 Å². The molecule has 0 unspecified atom stereocenters. The van der Waals surface area contributed by atoms with Gasteiger partial charge in [-0.05, 0) is 12.5 Å². The molecule has 0 fully saturated rings. The summed E-state index contributed by atoms with van der Waals surface area (Å²) in [7, 11) is 0. The van der Waals surface area contributed by atoms with Gasteiger partial charge < -0.3 is 11.1 Å². The zero-order valence-electron chi connectivity index (χ0n) is 8.62. The number of thiocarbonyl (C=S) groups is 1. The predicted octanol–water partition coefficient (Wildman–Crippen LogP) is 0.999. The highest BCUT2D eigenvalue weighted by Gasteiger charge is 2.02. The molecular weight excluding hydrogens is 208 g/mol. The van der Waals surface area contributed by atoms with Crippen LogP contribution in [0.25, 0.3) is 0 Å². The van der Waals surface area contributed by atoms with Gasteiger partial charge in [-0.2, -0.15) is 0 Å². The van der Waals surface area contributed by atoms with Crippen LogP contribution in [0, 0.1) is 0 Å². The Morgan fingerprint density at radius 3 is 2.47 bits per heavy atom. The molecule has 0 bridgehead atoms. The number of nitrogens with two attached hydrogens (primary N) is 1. The van der Waals surface area contributed by atoms with Gasteiger partial charge in [-0.15, -0.1) is 0 Å². The topological polar surface area (TPSA) is 55.1 Å². The van der Waals surface area contributed by atoms with Gasteiger partial charge in [-0.3, -0.25) is 4.79 Å². The molecule has 0 radical (unpaired) electrons. The van der Waals surface area contributed by atoms with E-state index in [9.17, 15) is 4.79 Å². The molecule has 0 spiro atoms. The molecule has 3 N–H and O–H groups in total. The van der Waals surface area contributed by atoms with E-state index in [1.165, 1.54) is 0 Å². The molecule has 0 heterocycles. The maximum atomic E-state index is 11.3. The Hall–Kier alpha value is -1.42. The standard InChI is InChI=1S/C11H14N2OS/c1-2-13-10(14)7-8-3-5-9(6-4-8)11(12)15/h3-6H,2,7H2,1H3,(H2,12,15)(H,13,14). The quantitative estimate of drug-likeness (QED) is 0.747. The van der Waals surface area contributed by atoms with Gasteiger partial charge in [0.05, 0.1) is 6.42 Å². The molecule has 0 saturated heterocycles. The zero-order valence-corrected chi connectivity index (χ0v) is 9.43. The Kier molecular flexibility index (Phi) is 4.24. The van der Waals surface area contributed by atoms with Gasteiger partial charge in [0.15, 0.2) is 0 Å². The van der Waals surface area contributed by atoms with Gasteiger partial charge in [0, 0.05) is 12.1 Å². The molecule has 4 heteroatoms. The maximum absolute atomic E-state index is 11.3. The van der Waals surface area contributed by atoms with E-state index in [0.717, 1.165) is 11.1 Å². The summed E-state index contributed by atoms with van der Waals surface area (Å²) >= 11 is 4.83. The monoisotopic (exact) mass is 222 g/mol. The molecule has 3 nitrogen and oxygen atoms in total. The summed E-state index contributed by atoms with van der Waals surface area (Å²) in [5, 5.41) is 2.74. The molecule has 1 aromatic carbocycles. The summed E-state index contributed by atoms with van der Waals surface area (Å²) in [6.07, 6.45) is 0.394. The normalized spacial score (nSPS) is 9.67. The van der Waals surface area contributed by atoms with Crippen molar-refractivity contribution in [3.8, 4) is 0 Å². The fourth-order valence-corrected chi connectivity index (χ4v) is 1.37. The number of nitrogens with one attached hydrogen (secondary N) is 1. The van der Waals surface area contributed by atoms with E-state index in [4.69, 9.17) is 18.0 Å². The summed E-state index contributed by atoms with van der Waals surface area (Å²) in [5.74, 6) is 0.0283. The van der Waals surface area contributed by atoms with Crippen molar-refractivity contribution in [3.63, 3.8) is 0 Å². The Morgan fingerprint density at radius 1 is 1.40 bits per heavy atom. The van der Waals surface area contributed by atoms with Crippen molar-refractivity contribution in [1.82, 2.24) is 5.32 Å². The van der Waals surface area contributed by atoms with E-state index >= 15 is 0 Å². The van der Waals surface area contributed by atoms with Gasteiger partial charge in [0.25, 0.3) is 0 Å². The smallest absolute Gasteiger partial charge is 0.224 e. The average Bonchev–Trinajstić information content (AvgIpc) is 2.18. The summed E-state index contributed by atoms with van der Waals surface area (Å²) in [5.41, 5.74) is 7.25. The van der Waals surface area contributed by atoms with E-state index in [2.05, 4.69) is 5.32 Å². The number of benzene rings is 1. The molecule has 1 rings (SSSR count). The Labute approximate surface area is 94.7 Å². The van der Waals surface area contributed by atoms with Crippen molar-refractivity contribution in [1.29, 1.82) is 0 Å². The molecule has 0 saturated carbocycles. The van der Waals surface area contributed by atoms with Crippen molar-refractivity contribution >= 4 is 23.1 Å². The number of hydrogen-bond donors (Lipinski definition) is 2. The van der Waals surface area contributed by atoms with Gasteiger partial charge >= 0.3 is 0 Å². The molecule has 1 amide bonds. The fraction of sp³-hybridized carbons (Fsp3) is 0.273. The highest BCUT2D eigenvalue weighted by Crippen LogP contribution is 2.05.